The maximum Gasteiger partial charge on any atom is 0.282 e. The van der Waals surface area contributed by atoms with Crippen LogP contribution in [0.3, 0.4) is 0 Å². The average Bonchev–Trinajstić information content (AvgIpc) is 3.04. The highest BCUT2D eigenvalue weighted by atomic mass is 32.1. The first-order valence-electron chi connectivity index (χ1n) is 5.37. The first kappa shape index (κ1) is 12.4. The number of hydrogen-bond donors (Lipinski definition) is 3. The zero-order valence-corrected chi connectivity index (χ0v) is 10.5. The van der Waals surface area contributed by atoms with Crippen molar-refractivity contribution in [3.63, 3.8) is 0 Å². The van der Waals surface area contributed by atoms with Gasteiger partial charge in [-0.15, -0.1) is 20.4 Å². The normalized spacial score (nSPS) is 10.3. The van der Waals surface area contributed by atoms with E-state index in [-0.39, 0.29) is 12.5 Å². The number of carbonyl (C=O) groups excluding carboxylic acids is 1. The molecule has 9 nitrogen and oxygen atoms in total. The highest BCUT2D eigenvalue weighted by Crippen LogP contribution is 2.14. The number of hydrogen-bond acceptors (Lipinski definition) is 8. The third kappa shape index (κ3) is 3.20. The van der Waals surface area contributed by atoms with Crippen LogP contribution in [0, 0.1) is 0 Å². The molecule has 0 aliphatic heterocycles. The molecule has 2 rings (SSSR count). The summed E-state index contributed by atoms with van der Waals surface area (Å²) < 4.78 is 0. The van der Waals surface area contributed by atoms with Gasteiger partial charge in [0.2, 0.25) is 10.1 Å². The Hall–Kier alpha value is -2.10. The molecule has 0 radical (unpaired) electrons. The van der Waals surface area contributed by atoms with Gasteiger partial charge in [0, 0.05) is 6.54 Å². The molecule has 0 fully saturated rings. The molecule has 0 saturated carbocycles. The number of nitrogens with one attached hydrogen (secondary N) is 3. The molecule has 2 heterocycles. The second kappa shape index (κ2) is 6.00. The molecular formula is C8H12N8OS. The van der Waals surface area contributed by atoms with Crippen LogP contribution in [0.15, 0.2) is 0 Å². The molecule has 2 aromatic heterocycles. The van der Waals surface area contributed by atoms with Gasteiger partial charge in [-0.1, -0.05) is 23.5 Å². The predicted molar refractivity (Wildman–Crippen MR) is 64.0 cm³/mol. The lowest BCUT2D eigenvalue weighted by molar-refractivity contribution is 0.0949. The first-order valence-corrected chi connectivity index (χ1v) is 6.19. The van der Waals surface area contributed by atoms with Crippen LogP contribution < -0.4 is 10.6 Å². The Morgan fingerprint density at radius 1 is 1.39 bits per heavy atom. The van der Waals surface area contributed by atoms with E-state index in [1.165, 1.54) is 11.3 Å². The van der Waals surface area contributed by atoms with Crippen LogP contribution in [0.1, 0.15) is 29.0 Å². The summed E-state index contributed by atoms with van der Waals surface area (Å²) in [4.78, 5) is 11.7. The number of carbonyl (C=O) groups is 1. The van der Waals surface area contributed by atoms with Gasteiger partial charge in [0.15, 0.2) is 5.82 Å². The minimum atomic E-state index is -0.304. The fourth-order valence-electron chi connectivity index (χ4n) is 1.11. The van der Waals surface area contributed by atoms with Gasteiger partial charge in [-0.2, -0.15) is 5.21 Å². The quantitative estimate of drug-likeness (QED) is 0.663. The lowest BCUT2D eigenvalue weighted by Crippen LogP contribution is -2.23. The second-order valence-electron chi connectivity index (χ2n) is 3.35. The van der Waals surface area contributed by atoms with E-state index in [1.54, 1.807) is 0 Å². The molecule has 0 unspecified atom stereocenters. The van der Waals surface area contributed by atoms with E-state index in [4.69, 9.17) is 0 Å². The standard InChI is InChI=1S/C8H12N8OS/c1-2-3-9-8-14-13-7(18-8)6(17)10-4-5-11-15-16-12-5/h2-4H2,1H3,(H,9,14)(H,10,17)(H,11,12,15,16). The Balaban J connectivity index is 1.86. The number of aromatic amines is 1. The van der Waals surface area contributed by atoms with Gasteiger partial charge in [0.1, 0.15) is 0 Å². The van der Waals surface area contributed by atoms with Crippen molar-refractivity contribution < 1.29 is 4.79 Å². The second-order valence-corrected chi connectivity index (χ2v) is 4.33. The van der Waals surface area contributed by atoms with Crippen molar-refractivity contribution in [2.24, 2.45) is 0 Å². The number of amides is 1. The van der Waals surface area contributed by atoms with E-state index < -0.39 is 0 Å². The zero-order valence-electron chi connectivity index (χ0n) is 9.67. The molecule has 10 heteroatoms. The fraction of sp³-hybridized carbons (Fsp3) is 0.500. The van der Waals surface area contributed by atoms with Crippen LogP contribution in [-0.4, -0.2) is 43.3 Å². The van der Waals surface area contributed by atoms with Crippen LogP contribution in [-0.2, 0) is 6.54 Å². The lowest BCUT2D eigenvalue weighted by Gasteiger charge is -1.97. The van der Waals surface area contributed by atoms with Gasteiger partial charge in [-0.05, 0) is 6.42 Å². The van der Waals surface area contributed by atoms with Gasteiger partial charge >= 0.3 is 0 Å². The van der Waals surface area contributed by atoms with Crippen LogP contribution in [0.25, 0.3) is 0 Å². The number of nitrogens with zero attached hydrogens (tertiary/aromatic N) is 5. The maximum atomic E-state index is 11.7. The largest absolute Gasteiger partial charge is 0.360 e. The molecule has 0 atom stereocenters. The Morgan fingerprint density at radius 2 is 2.28 bits per heavy atom. The van der Waals surface area contributed by atoms with E-state index in [0.717, 1.165) is 13.0 Å². The maximum absolute atomic E-state index is 11.7. The molecule has 0 bridgehead atoms. The summed E-state index contributed by atoms with van der Waals surface area (Å²) in [6, 6.07) is 0. The number of anilines is 1. The summed E-state index contributed by atoms with van der Waals surface area (Å²) in [5.41, 5.74) is 0. The molecule has 0 aliphatic rings. The Bertz CT molecular complexity index is 495. The molecule has 0 aliphatic carbocycles. The van der Waals surface area contributed by atoms with Gasteiger partial charge in [0.05, 0.1) is 6.54 Å². The molecule has 2 aromatic rings. The molecule has 0 spiro atoms. The SMILES string of the molecule is CCCNc1nnc(C(=O)NCc2nn[nH]n2)s1. The number of rotatable bonds is 6. The van der Waals surface area contributed by atoms with Crippen molar-refractivity contribution in [1.82, 2.24) is 36.1 Å². The monoisotopic (exact) mass is 268 g/mol. The fourth-order valence-corrected chi connectivity index (χ4v) is 1.80. The summed E-state index contributed by atoms with van der Waals surface area (Å²) >= 11 is 1.21. The Kier molecular flexibility index (Phi) is 4.12. The minimum absolute atomic E-state index is 0.201. The molecule has 18 heavy (non-hydrogen) atoms. The molecule has 0 aromatic carbocycles. The van der Waals surface area contributed by atoms with E-state index in [2.05, 4.69) is 41.5 Å². The first-order chi connectivity index (χ1) is 8.79. The highest BCUT2D eigenvalue weighted by Gasteiger charge is 2.12. The van der Waals surface area contributed by atoms with Gasteiger partial charge in [0.25, 0.3) is 5.91 Å². The number of aromatic nitrogens is 6. The van der Waals surface area contributed by atoms with E-state index in [0.29, 0.717) is 16.0 Å². The zero-order chi connectivity index (χ0) is 12.8. The number of tetrazole rings is 1. The van der Waals surface area contributed by atoms with Crippen molar-refractivity contribution in [3.05, 3.63) is 10.8 Å². The molecule has 3 N–H and O–H groups in total. The smallest absolute Gasteiger partial charge is 0.282 e. The topological polar surface area (TPSA) is 121 Å². The Labute approximate surface area is 106 Å². The third-order valence-corrected chi connectivity index (χ3v) is 2.82. The predicted octanol–water partition coefficient (Wildman–Crippen LogP) is -0.197. The molecule has 1 amide bonds. The molecular weight excluding hydrogens is 256 g/mol. The van der Waals surface area contributed by atoms with E-state index in [1.807, 2.05) is 6.92 Å². The van der Waals surface area contributed by atoms with Crippen LogP contribution in [0.2, 0.25) is 0 Å². The highest BCUT2D eigenvalue weighted by molar-refractivity contribution is 7.17. The summed E-state index contributed by atoms with van der Waals surface area (Å²) in [5.74, 6) is 0.110. The summed E-state index contributed by atoms with van der Waals surface area (Å²) in [6.45, 7) is 3.05. The van der Waals surface area contributed by atoms with Crippen molar-refractivity contribution in [2.45, 2.75) is 19.9 Å². The molecule has 0 saturated heterocycles. The lowest BCUT2D eigenvalue weighted by atomic mass is 10.5. The average molecular weight is 268 g/mol. The third-order valence-electron chi connectivity index (χ3n) is 1.94. The summed E-state index contributed by atoms with van der Waals surface area (Å²) in [7, 11) is 0. The van der Waals surface area contributed by atoms with Gasteiger partial charge in [-0.3, -0.25) is 4.79 Å². The van der Waals surface area contributed by atoms with E-state index in [9.17, 15) is 4.79 Å². The van der Waals surface area contributed by atoms with Crippen LogP contribution in [0.5, 0.6) is 0 Å². The molecule has 96 valence electrons. The van der Waals surface area contributed by atoms with Crippen LogP contribution in [0.4, 0.5) is 5.13 Å². The minimum Gasteiger partial charge on any atom is -0.360 e. The van der Waals surface area contributed by atoms with Crippen molar-refractivity contribution in [1.29, 1.82) is 0 Å². The number of H-pyrrole nitrogens is 1. The van der Waals surface area contributed by atoms with Crippen molar-refractivity contribution in [3.8, 4) is 0 Å². The van der Waals surface area contributed by atoms with Crippen molar-refractivity contribution in [2.75, 3.05) is 11.9 Å². The van der Waals surface area contributed by atoms with Crippen molar-refractivity contribution >= 4 is 22.4 Å². The van der Waals surface area contributed by atoms with Gasteiger partial charge < -0.3 is 10.6 Å². The Morgan fingerprint density at radius 3 is 3.00 bits per heavy atom. The summed E-state index contributed by atoms with van der Waals surface area (Å²) in [5, 5.41) is 27.4. The van der Waals surface area contributed by atoms with Crippen LogP contribution >= 0.6 is 11.3 Å². The van der Waals surface area contributed by atoms with E-state index >= 15 is 0 Å². The summed E-state index contributed by atoms with van der Waals surface area (Å²) in [6.07, 6.45) is 0.985. The van der Waals surface area contributed by atoms with Gasteiger partial charge in [-0.25, -0.2) is 0 Å².